The van der Waals surface area contributed by atoms with Gasteiger partial charge in [0.25, 0.3) is 0 Å². The number of fused-ring (bicyclic) bond motifs is 1. The number of hydrogen-bond donors (Lipinski definition) is 1. The van der Waals surface area contributed by atoms with Crippen LogP contribution in [0.2, 0.25) is 0 Å². The van der Waals surface area contributed by atoms with Crippen molar-refractivity contribution in [3.05, 3.63) is 11.7 Å². The van der Waals surface area contributed by atoms with E-state index in [9.17, 15) is 0 Å². The highest BCUT2D eigenvalue weighted by molar-refractivity contribution is 5.25. The Balaban J connectivity index is 1.99. The van der Waals surface area contributed by atoms with Crippen LogP contribution in [0.15, 0.2) is 4.52 Å². The summed E-state index contributed by atoms with van der Waals surface area (Å²) in [5.74, 6) is 2.34. The van der Waals surface area contributed by atoms with Gasteiger partial charge >= 0.3 is 0 Å². The summed E-state index contributed by atoms with van der Waals surface area (Å²) < 4.78 is 5.19. The Bertz CT molecular complexity index is 322. The minimum Gasteiger partial charge on any atom is -0.339 e. The van der Waals surface area contributed by atoms with E-state index in [1.54, 1.807) is 0 Å². The van der Waals surface area contributed by atoms with Crippen LogP contribution in [0.1, 0.15) is 18.1 Å². The minimum atomic E-state index is 0.223. The molecular formula is C8H11N3O. The molecule has 0 amide bonds. The Morgan fingerprint density at radius 1 is 1.67 bits per heavy atom. The molecule has 1 aromatic rings. The Morgan fingerprint density at radius 3 is 3.08 bits per heavy atom. The lowest BCUT2D eigenvalue weighted by Gasteiger charge is -2.02. The molecule has 64 valence electrons. The zero-order valence-electron chi connectivity index (χ0n) is 7.00. The predicted molar refractivity (Wildman–Crippen MR) is 41.7 cm³/mol. The summed E-state index contributed by atoms with van der Waals surface area (Å²) in [6.07, 6.45) is 1.22. The van der Waals surface area contributed by atoms with Crippen LogP contribution in [0.5, 0.6) is 0 Å². The van der Waals surface area contributed by atoms with E-state index in [4.69, 9.17) is 4.52 Å². The summed E-state index contributed by atoms with van der Waals surface area (Å²) in [6, 6.07) is 0. The molecule has 0 radical (unpaired) electrons. The molecule has 0 bridgehead atoms. The first-order valence-electron chi connectivity index (χ1n) is 4.33. The number of rotatable bonds is 1. The van der Waals surface area contributed by atoms with Crippen LogP contribution in [0, 0.1) is 12.8 Å². The van der Waals surface area contributed by atoms with Gasteiger partial charge in [0.1, 0.15) is 0 Å². The van der Waals surface area contributed by atoms with E-state index >= 15 is 0 Å². The average molecular weight is 165 g/mol. The van der Waals surface area contributed by atoms with E-state index in [0.717, 1.165) is 30.7 Å². The second kappa shape index (κ2) is 1.88. The molecule has 4 nitrogen and oxygen atoms in total. The Morgan fingerprint density at radius 2 is 2.58 bits per heavy atom. The molecule has 1 aliphatic carbocycles. The van der Waals surface area contributed by atoms with E-state index in [-0.39, 0.29) is 5.41 Å². The van der Waals surface area contributed by atoms with Crippen molar-refractivity contribution in [2.45, 2.75) is 18.8 Å². The Hall–Kier alpha value is -0.900. The third-order valence-corrected chi connectivity index (χ3v) is 3.02. The predicted octanol–water partition coefficient (Wildman–Crippen LogP) is 0.239. The molecule has 1 unspecified atom stereocenters. The van der Waals surface area contributed by atoms with Gasteiger partial charge in [0.05, 0.1) is 5.41 Å². The van der Waals surface area contributed by atoms with Crippen LogP contribution in [0.25, 0.3) is 0 Å². The molecule has 4 heteroatoms. The van der Waals surface area contributed by atoms with Crippen LogP contribution >= 0.6 is 0 Å². The molecule has 2 atom stereocenters. The lowest BCUT2D eigenvalue weighted by molar-refractivity contribution is 0.343. The van der Waals surface area contributed by atoms with Gasteiger partial charge in [-0.05, 0) is 25.8 Å². The van der Waals surface area contributed by atoms with E-state index in [1.165, 1.54) is 6.42 Å². The summed E-state index contributed by atoms with van der Waals surface area (Å²) in [7, 11) is 0. The van der Waals surface area contributed by atoms with Gasteiger partial charge in [-0.25, -0.2) is 0 Å². The minimum absolute atomic E-state index is 0.223. The maximum absolute atomic E-state index is 5.19. The molecule has 2 heterocycles. The van der Waals surface area contributed by atoms with Gasteiger partial charge < -0.3 is 9.84 Å². The lowest BCUT2D eigenvalue weighted by Crippen LogP contribution is -2.19. The molecule has 1 saturated carbocycles. The van der Waals surface area contributed by atoms with Crippen molar-refractivity contribution in [3.8, 4) is 0 Å². The van der Waals surface area contributed by atoms with Gasteiger partial charge in [-0.2, -0.15) is 4.98 Å². The van der Waals surface area contributed by atoms with Crippen molar-refractivity contribution < 1.29 is 4.52 Å². The number of nitrogens with zero attached hydrogens (tertiary/aromatic N) is 2. The molecule has 2 fully saturated rings. The monoisotopic (exact) mass is 165 g/mol. The van der Waals surface area contributed by atoms with Gasteiger partial charge in [-0.15, -0.1) is 0 Å². The fourth-order valence-corrected chi connectivity index (χ4v) is 2.17. The standard InChI is InChI=1S/C8H11N3O/c1-5-10-7(12-11-5)8-2-6(8)3-9-4-8/h6,9H,2-4H2,1H3/t6?,8-/m0/s1. The van der Waals surface area contributed by atoms with E-state index in [2.05, 4.69) is 15.5 Å². The van der Waals surface area contributed by atoms with Crippen LogP contribution < -0.4 is 5.32 Å². The largest absolute Gasteiger partial charge is 0.339 e. The highest BCUT2D eigenvalue weighted by atomic mass is 16.5. The molecule has 1 aromatic heterocycles. The second-order valence-corrected chi connectivity index (χ2v) is 3.83. The first-order valence-corrected chi connectivity index (χ1v) is 4.33. The number of nitrogens with one attached hydrogen (secondary N) is 1. The molecule has 1 saturated heterocycles. The summed E-state index contributed by atoms with van der Waals surface area (Å²) in [5.41, 5.74) is 0.223. The van der Waals surface area contributed by atoms with E-state index in [0.29, 0.717) is 0 Å². The van der Waals surface area contributed by atoms with Crippen LogP contribution in [-0.4, -0.2) is 23.2 Å². The van der Waals surface area contributed by atoms with Crippen molar-refractivity contribution in [1.82, 2.24) is 15.5 Å². The summed E-state index contributed by atoms with van der Waals surface area (Å²) >= 11 is 0. The fourth-order valence-electron chi connectivity index (χ4n) is 2.17. The third-order valence-electron chi connectivity index (χ3n) is 3.02. The number of hydrogen-bond acceptors (Lipinski definition) is 4. The number of piperidine rings is 1. The normalized spacial score (nSPS) is 38.2. The Labute approximate surface area is 70.3 Å². The molecule has 1 N–H and O–H groups in total. The van der Waals surface area contributed by atoms with E-state index < -0.39 is 0 Å². The maximum atomic E-state index is 5.19. The molecule has 3 rings (SSSR count). The summed E-state index contributed by atoms with van der Waals surface area (Å²) in [6.45, 7) is 3.99. The van der Waals surface area contributed by atoms with Crippen LogP contribution in [0.4, 0.5) is 0 Å². The maximum Gasteiger partial charge on any atom is 0.234 e. The third kappa shape index (κ3) is 0.659. The van der Waals surface area contributed by atoms with Crippen LogP contribution in [0.3, 0.4) is 0 Å². The van der Waals surface area contributed by atoms with Gasteiger partial charge in [0.2, 0.25) is 5.89 Å². The van der Waals surface area contributed by atoms with Crippen molar-refractivity contribution in [1.29, 1.82) is 0 Å². The highest BCUT2D eigenvalue weighted by Crippen LogP contribution is 2.55. The SMILES string of the molecule is Cc1noc([C@@]23CNCC2C3)n1. The first-order chi connectivity index (χ1) is 5.81. The van der Waals surface area contributed by atoms with Crippen molar-refractivity contribution in [2.75, 3.05) is 13.1 Å². The van der Waals surface area contributed by atoms with Gasteiger partial charge in [0.15, 0.2) is 5.82 Å². The van der Waals surface area contributed by atoms with E-state index in [1.807, 2.05) is 6.92 Å². The molecule has 12 heavy (non-hydrogen) atoms. The Kier molecular flexibility index (Phi) is 1.03. The molecule has 0 aromatic carbocycles. The number of aromatic nitrogens is 2. The molecular weight excluding hydrogens is 154 g/mol. The topological polar surface area (TPSA) is 51.0 Å². The van der Waals surface area contributed by atoms with Crippen molar-refractivity contribution >= 4 is 0 Å². The highest BCUT2D eigenvalue weighted by Gasteiger charge is 2.62. The van der Waals surface area contributed by atoms with Gasteiger partial charge in [0, 0.05) is 6.54 Å². The zero-order valence-corrected chi connectivity index (χ0v) is 7.00. The smallest absolute Gasteiger partial charge is 0.234 e. The number of aryl methyl sites for hydroxylation is 1. The van der Waals surface area contributed by atoms with Crippen molar-refractivity contribution in [2.24, 2.45) is 5.92 Å². The lowest BCUT2D eigenvalue weighted by atomic mass is 10.1. The second-order valence-electron chi connectivity index (χ2n) is 3.83. The van der Waals surface area contributed by atoms with Gasteiger partial charge in [-0.3, -0.25) is 0 Å². The first kappa shape index (κ1) is 6.60. The summed E-state index contributed by atoms with van der Waals surface area (Å²) in [4.78, 5) is 4.29. The summed E-state index contributed by atoms with van der Waals surface area (Å²) in [5, 5.41) is 7.16. The fraction of sp³-hybridized carbons (Fsp3) is 0.750. The molecule has 1 aliphatic heterocycles. The van der Waals surface area contributed by atoms with Gasteiger partial charge in [-0.1, -0.05) is 5.16 Å². The molecule has 2 aliphatic rings. The average Bonchev–Trinajstić information content (AvgIpc) is 2.50. The quantitative estimate of drug-likeness (QED) is 0.647. The van der Waals surface area contributed by atoms with Crippen LogP contribution in [-0.2, 0) is 5.41 Å². The zero-order chi connectivity index (χ0) is 8.18. The van der Waals surface area contributed by atoms with Crippen molar-refractivity contribution in [3.63, 3.8) is 0 Å². The molecule has 0 spiro atoms.